The van der Waals surface area contributed by atoms with Crippen molar-refractivity contribution in [3.63, 3.8) is 0 Å². The molecule has 8 nitrogen and oxygen atoms in total. The lowest BCUT2D eigenvalue weighted by atomic mass is 9.87. The quantitative estimate of drug-likeness (QED) is 0.434. The molecule has 0 aliphatic carbocycles. The lowest BCUT2D eigenvalue weighted by Crippen LogP contribution is -2.51. The van der Waals surface area contributed by atoms with E-state index in [0.29, 0.717) is 30.1 Å². The molecule has 32 heavy (non-hydrogen) atoms. The number of rotatable bonds is 7. The van der Waals surface area contributed by atoms with Gasteiger partial charge in [-0.15, -0.1) is 0 Å². The maximum atomic E-state index is 13.0. The van der Waals surface area contributed by atoms with Crippen molar-refractivity contribution in [2.24, 2.45) is 11.3 Å². The molecule has 1 aromatic carbocycles. The lowest BCUT2D eigenvalue weighted by Gasteiger charge is -2.27. The first-order valence-electron chi connectivity index (χ1n) is 10.8. The molecule has 1 fully saturated rings. The minimum absolute atomic E-state index is 0.103. The first-order chi connectivity index (χ1) is 15.1. The summed E-state index contributed by atoms with van der Waals surface area (Å²) in [5.41, 5.74) is 0.815. The van der Waals surface area contributed by atoms with E-state index in [1.165, 1.54) is 0 Å². The molecule has 2 heterocycles. The minimum Gasteiger partial charge on any atom is -0.378 e. The predicted molar refractivity (Wildman–Crippen MR) is 123 cm³/mol. The van der Waals surface area contributed by atoms with Crippen LogP contribution in [0.15, 0.2) is 24.3 Å². The highest BCUT2D eigenvalue weighted by Crippen LogP contribution is 2.24. The molecule has 0 bridgehead atoms. The molecule has 172 valence electrons. The van der Waals surface area contributed by atoms with Crippen LogP contribution in [0.1, 0.15) is 50.5 Å². The van der Waals surface area contributed by atoms with Crippen molar-refractivity contribution in [3.05, 3.63) is 35.0 Å². The SMILES string of the molecule is CC(C)(C)CC(NC(=O)c1cc2ccc(Cl)cc2[nH]1)C(=O)NC(C#N)CC1CCNC1O. The molecule has 5 N–H and O–H groups in total. The van der Waals surface area contributed by atoms with E-state index in [4.69, 9.17) is 11.6 Å². The summed E-state index contributed by atoms with van der Waals surface area (Å²) in [5.74, 6) is -0.932. The third kappa shape index (κ3) is 6.22. The van der Waals surface area contributed by atoms with Gasteiger partial charge in [-0.05, 0) is 49.4 Å². The van der Waals surface area contributed by atoms with Crippen LogP contribution in [0, 0.1) is 22.7 Å². The minimum atomic E-state index is -0.819. The van der Waals surface area contributed by atoms with E-state index in [0.717, 1.165) is 17.3 Å². The molecule has 0 saturated carbocycles. The monoisotopic (exact) mass is 459 g/mol. The Hall–Kier alpha value is -2.60. The van der Waals surface area contributed by atoms with Crippen LogP contribution in [0.25, 0.3) is 10.9 Å². The average Bonchev–Trinajstić information content (AvgIpc) is 3.31. The number of aromatic amines is 1. The van der Waals surface area contributed by atoms with Gasteiger partial charge in [-0.25, -0.2) is 0 Å². The van der Waals surface area contributed by atoms with Gasteiger partial charge in [0.2, 0.25) is 5.91 Å². The first-order valence-corrected chi connectivity index (χ1v) is 11.1. The molecular formula is C23H30ClN5O3. The fourth-order valence-corrected chi connectivity index (χ4v) is 4.16. The van der Waals surface area contributed by atoms with E-state index in [-0.39, 0.29) is 11.3 Å². The van der Waals surface area contributed by atoms with Gasteiger partial charge in [0.25, 0.3) is 5.91 Å². The fraction of sp³-hybridized carbons (Fsp3) is 0.522. The van der Waals surface area contributed by atoms with Gasteiger partial charge in [-0.1, -0.05) is 38.4 Å². The van der Waals surface area contributed by atoms with Crippen molar-refractivity contribution in [1.82, 2.24) is 20.9 Å². The zero-order valence-corrected chi connectivity index (χ0v) is 19.3. The van der Waals surface area contributed by atoms with Crippen molar-refractivity contribution in [2.45, 2.75) is 58.3 Å². The molecule has 2 aromatic rings. The van der Waals surface area contributed by atoms with Crippen molar-refractivity contribution >= 4 is 34.3 Å². The third-order valence-corrected chi connectivity index (χ3v) is 5.83. The molecule has 3 rings (SSSR count). The number of benzene rings is 1. The fourth-order valence-electron chi connectivity index (χ4n) is 3.99. The Morgan fingerprint density at radius 3 is 2.69 bits per heavy atom. The Bertz CT molecular complexity index is 1020. The van der Waals surface area contributed by atoms with E-state index in [2.05, 4.69) is 27.0 Å². The van der Waals surface area contributed by atoms with Crippen LogP contribution in [0.3, 0.4) is 0 Å². The van der Waals surface area contributed by atoms with Crippen LogP contribution < -0.4 is 16.0 Å². The lowest BCUT2D eigenvalue weighted by molar-refractivity contribution is -0.124. The number of fused-ring (bicyclic) bond motifs is 1. The highest BCUT2D eigenvalue weighted by molar-refractivity contribution is 6.31. The zero-order valence-electron chi connectivity index (χ0n) is 18.5. The van der Waals surface area contributed by atoms with E-state index < -0.39 is 30.1 Å². The molecule has 2 amide bonds. The number of nitrogens with zero attached hydrogens (tertiary/aromatic N) is 1. The maximum absolute atomic E-state index is 13.0. The number of aliphatic hydroxyl groups is 1. The van der Waals surface area contributed by atoms with Crippen LogP contribution in [-0.2, 0) is 4.79 Å². The summed E-state index contributed by atoms with van der Waals surface area (Å²) in [6, 6.07) is 7.53. The second-order valence-corrected chi connectivity index (χ2v) is 10.0. The Kier molecular flexibility index (Phi) is 7.44. The smallest absolute Gasteiger partial charge is 0.268 e. The topological polar surface area (TPSA) is 130 Å². The predicted octanol–water partition coefficient (Wildman–Crippen LogP) is 2.68. The number of nitrogens with one attached hydrogen (secondary N) is 4. The number of nitriles is 1. The number of hydrogen-bond donors (Lipinski definition) is 5. The van der Waals surface area contributed by atoms with Gasteiger partial charge in [-0.2, -0.15) is 5.26 Å². The highest BCUT2D eigenvalue weighted by atomic mass is 35.5. The number of amides is 2. The van der Waals surface area contributed by atoms with E-state index in [9.17, 15) is 20.0 Å². The van der Waals surface area contributed by atoms with E-state index in [1.54, 1.807) is 18.2 Å². The van der Waals surface area contributed by atoms with Crippen molar-refractivity contribution in [1.29, 1.82) is 5.26 Å². The van der Waals surface area contributed by atoms with Crippen LogP contribution in [-0.4, -0.2) is 46.8 Å². The van der Waals surface area contributed by atoms with Gasteiger partial charge in [-0.3, -0.25) is 14.9 Å². The molecular weight excluding hydrogens is 430 g/mol. The first kappa shape index (κ1) is 24.1. The molecule has 4 atom stereocenters. The van der Waals surface area contributed by atoms with E-state index in [1.807, 2.05) is 26.8 Å². The molecule has 1 aliphatic heterocycles. The maximum Gasteiger partial charge on any atom is 0.268 e. The zero-order chi connectivity index (χ0) is 23.5. The van der Waals surface area contributed by atoms with Crippen molar-refractivity contribution in [3.8, 4) is 6.07 Å². The summed E-state index contributed by atoms with van der Waals surface area (Å²) < 4.78 is 0. The standard InChI is InChI=1S/C23H30ClN5O3/c1-23(2,3)11-19(22(32)27-16(12-25)8-14-6-7-26-20(14)30)29-21(31)18-9-13-4-5-15(24)10-17(13)28-18/h4-5,9-10,14,16,19-20,26,28,30H,6-8,11H2,1-3H3,(H,27,32)(H,29,31). The summed E-state index contributed by atoms with van der Waals surface area (Å²) in [6.45, 7) is 6.61. The number of aliphatic hydroxyl groups excluding tert-OH is 1. The molecule has 1 saturated heterocycles. The van der Waals surface area contributed by atoms with Gasteiger partial charge in [0.1, 0.15) is 24.0 Å². The van der Waals surface area contributed by atoms with Gasteiger partial charge >= 0.3 is 0 Å². The number of hydrogen-bond acceptors (Lipinski definition) is 5. The van der Waals surface area contributed by atoms with Crippen molar-refractivity contribution < 1.29 is 14.7 Å². The third-order valence-electron chi connectivity index (χ3n) is 5.59. The summed E-state index contributed by atoms with van der Waals surface area (Å²) in [7, 11) is 0. The van der Waals surface area contributed by atoms with Gasteiger partial charge < -0.3 is 20.7 Å². The second kappa shape index (κ2) is 9.90. The van der Waals surface area contributed by atoms with E-state index >= 15 is 0 Å². The average molecular weight is 460 g/mol. The largest absolute Gasteiger partial charge is 0.378 e. The molecule has 0 spiro atoms. The Morgan fingerprint density at radius 1 is 1.31 bits per heavy atom. The summed E-state index contributed by atoms with van der Waals surface area (Å²) in [5, 5.41) is 29.4. The Balaban J connectivity index is 1.72. The molecule has 1 aromatic heterocycles. The Morgan fingerprint density at radius 2 is 2.06 bits per heavy atom. The molecule has 0 radical (unpaired) electrons. The number of carbonyl (C=O) groups excluding carboxylic acids is 2. The van der Waals surface area contributed by atoms with Crippen LogP contribution in [0.5, 0.6) is 0 Å². The van der Waals surface area contributed by atoms with Gasteiger partial charge in [0, 0.05) is 21.8 Å². The number of H-pyrrole nitrogens is 1. The second-order valence-electron chi connectivity index (χ2n) is 9.58. The van der Waals surface area contributed by atoms with Crippen LogP contribution >= 0.6 is 11.6 Å². The molecule has 4 unspecified atom stereocenters. The number of carbonyl (C=O) groups is 2. The Labute approximate surface area is 192 Å². The number of aromatic nitrogens is 1. The summed E-state index contributed by atoms with van der Waals surface area (Å²) >= 11 is 6.02. The molecule has 1 aliphatic rings. The van der Waals surface area contributed by atoms with Crippen LogP contribution in [0.4, 0.5) is 0 Å². The van der Waals surface area contributed by atoms with Gasteiger partial charge in [0.15, 0.2) is 0 Å². The summed E-state index contributed by atoms with van der Waals surface area (Å²) in [4.78, 5) is 29.0. The van der Waals surface area contributed by atoms with Gasteiger partial charge in [0.05, 0.1) is 6.07 Å². The molecule has 9 heteroatoms. The highest BCUT2D eigenvalue weighted by Gasteiger charge is 2.32. The van der Waals surface area contributed by atoms with Crippen LogP contribution in [0.2, 0.25) is 5.02 Å². The van der Waals surface area contributed by atoms with Crippen molar-refractivity contribution in [2.75, 3.05) is 6.54 Å². The number of halogens is 1. The normalized spacial score (nSPS) is 20.5. The summed E-state index contributed by atoms with van der Waals surface area (Å²) in [6.07, 6.45) is 0.794.